The van der Waals surface area contributed by atoms with Crippen LogP contribution >= 0.6 is 0 Å². The topological polar surface area (TPSA) is 69.9 Å². The van der Waals surface area contributed by atoms with Gasteiger partial charge in [-0.2, -0.15) is 9.97 Å². The first kappa shape index (κ1) is 27.9. The maximum absolute atomic E-state index is 6.43. The Morgan fingerprint density at radius 1 is 0.333 bits per heavy atom. The normalized spacial score (nSPS) is 11.9. The number of hydrogen-bond donors (Lipinski definition) is 0. The van der Waals surface area contributed by atoms with Crippen molar-refractivity contribution in [2.75, 3.05) is 0 Å². The highest BCUT2D eigenvalue weighted by Gasteiger charge is 2.19. The Bertz CT molecular complexity index is 3100. The number of furan rings is 2. The van der Waals surface area contributed by atoms with Gasteiger partial charge in [0.05, 0.1) is 11.0 Å². The summed E-state index contributed by atoms with van der Waals surface area (Å²) in [5.74, 6) is 1.77. The summed E-state index contributed by atoms with van der Waals surface area (Å²) < 4.78 is 14.7. The second kappa shape index (κ2) is 10.7. The van der Waals surface area contributed by atoms with Crippen LogP contribution in [0.15, 0.2) is 167 Å². The highest BCUT2D eigenvalue weighted by atomic mass is 16.3. The summed E-state index contributed by atoms with van der Waals surface area (Å²) in [4.78, 5) is 15.2. The van der Waals surface area contributed by atoms with Crippen molar-refractivity contribution in [3.05, 3.63) is 158 Å². The lowest BCUT2D eigenvalue weighted by atomic mass is 10.0. The molecule has 11 aromatic rings. The van der Waals surface area contributed by atoms with Crippen molar-refractivity contribution in [3.63, 3.8) is 0 Å². The molecule has 0 N–H and O–H groups in total. The highest BCUT2D eigenvalue weighted by Crippen LogP contribution is 2.37. The molecule has 11 rings (SSSR count). The second-order valence-electron chi connectivity index (χ2n) is 12.9. The first-order valence-corrected chi connectivity index (χ1v) is 16.9. The van der Waals surface area contributed by atoms with Crippen LogP contribution in [0.4, 0.5) is 0 Å². The Kier molecular flexibility index (Phi) is 5.86. The van der Waals surface area contributed by atoms with Crippen LogP contribution in [-0.4, -0.2) is 19.5 Å². The Hall–Kier alpha value is -7.05. The Morgan fingerprint density at radius 3 is 1.53 bits per heavy atom. The summed E-state index contributed by atoms with van der Waals surface area (Å²) in [6.07, 6.45) is 0. The lowest BCUT2D eigenvalue weighted by Crippen LogP contribution is -2.06. The molecule has 0 radical (unpaired) electrons. The monoisotopic (exact) mass is 654 g/mol. The van der Waals surface area contributed by atoms with Crippen LogP contribution in [0.2, 0.25) is 0 Å². The number of benzene rings is 7. The maximum atomic E-state index is 6.43. The van der Waals surface area contributed by atoms with Crippen LogP contribution in [0.25, 0.3) is 106 Å². The molecule has 7 aromatic carbocycles. The second-order valence-corrected chi connectivity index (χ2v) is 12.9. The van der Waals surface area contributed by atoms with Crippen LogP contribution in [0, 0.1) is 0 Å². The molecule has 0 amide bonds. The van der Waals surface area contributed by atoms with E-state index in [0.717, 1.165) is 87.9 Å². The predicted molar refractivity (Wildman–Crippen MR) is 205 cm³/mol. The maximum Gasteiger partial charge on any atom is 0.238 e. The molecule has 0 aliphatic carbocycles. The molecule has 6 nitrogen and oxygen atoms in total. The molecule has 0 aliphatic rings. The Labute approximate surface area is 290 Å². The van der Waals surface area contributed by atoms with E-state index < -0.39 is 0 Å². The molecule has 0 fully saturated rings. The van der Waals surface area contributed by atoms with E-state index in [1.54, 1.807) is 0 Å². The predicted octanol–water partition coefficient (Wildman–Crippen LogP) is 11.8. The molecule has 4 heterocycles. The van der Waals surface area contributed by atoms with Crippen molar-refractivity contribution in [2.24, 2.45) is 0 Å². The smallest absolute Gasteiger partial charge is 0.238 e. The molecule has 51 heavy (non-hydrogen) atoms. The standard InChI is InChI=1S/C45H26N4O2/c1-2-10-27(11-3-1)43-46-44(48-45(47-43)49-37-15-7-4-12-31(37)32-13-5-8-16-38(32)49)30-20-23-40-36(24-30)35-22-19-29(26-42(35)51-40)28-18-21-34-33-14-6-9-17-39(33)50-41(34)25-28/h1-26H. The van der Waals surface area contributed by atoms with Crippen molar-refractivity contribution < 1.29 is 8.83 Å². The molecule has 0 spiro atoms. The zero-order chi connectivity index (χ0) is 33.5. The van der Waals surface area contributed by atoms with E-state index in [4.69, 9.17) is 23.8 Å². The third-order valence-corrected chi connectivity index (χ3v) is 9.88. The lowest BCUT2D eigenvalue weighted by Gasteiger charge is -2.11. The van der Waals surface area contributed by atoms with Gasteiger partial charge < -0.3 is 8.83 Å². The Morgan fingerprint density at radius 2 is 0.843 bits per heavy atom. The fraction of sp³-hybridized carbons (Fsp3) is 0. The molecule has 0 saturated heterocycles. The summed E-state index contributed by atoms with van der Waals surface area (Å²) in [5, 5.41) is 6.57. The van der Waals surface area contributed by atoms with Gasteiger partial charge in [0.2, 0.25) is 5.95 Å². The van der Waals surface area contributed by atoms with E-state index in [9.17, 15) is 0 Å². The molecule has 0 atom stereocenters. The molecular weight excluding hydrogens is 629 g/mol. The number of para-hydroxylation sites is 3. The average molecular weight is 655 g/mol. The van der Waals surface area contributed by atoms with Gasteiger partial charge in [0, 0.05) is 43.4 Å². The van der Waals surface area contributed by atoms with Gasteiger partial charge in [-0.1, -0.05) is 97.1 Å². The van der Waals surface area contributed by atoms with Crippen molar-refractivity contribution in [2.45, 2.75) is 0 Å². The number of rotatable bonds is 4. The van der Waals surface area contributed by atoms with Gasteiger partial charge in [-0.15, -0.1) is 0 Å². The first-order chi connectivity index (χ1) is 25.2. The van der Waals surface area contributed by atoms with Crippen molar-refractivity contribution in [1.29, 1.82) is 0 Å². The van der Waals surface area contributed by atoms with E-state index in [2.05, 4.69) is 102 Å². The summed E-state index contributed by atoms with van der Waals surface area (Å²) in [5.41, 5.74) is 9.40. The molecular formula is C45H26N4O2. The van der Waals surface area contributed by atoms with Crippen LogP contribution in [0.5, 0.6) is 0 Å². The zero-order valence-electron chi connectivity index (χ0n) is 27.1. The molecule has 0 aliphatic heterocycles. The van der Waals surface area contributed by atoms with Gasteiger partial charge >= 0.3 is 0 Å². The minimum Gasteiger partial charge on any atom is -0.456 e. The number of nitrogens with zero attached hydrogens (tertiary/aromatic N) is 4. The van der Waals surface area contributed by atoms with E-state index in [-0.39, 0.29) is 0 Å². The van der Waals surface area contributed by atoms with Crippen LogP contribution in [-0.2, 0) is 0 Å². The van der Waals surface area contributed by atoms with E-state index in [1.807, 2.05) is 60.7 Å². The van der Waals surface area contributed by atoms with Crippen LogP contribution in [0.1, 0.15) is 0 Å². The molecule has 4 aromatic heterocycles. The lowest BCUT2D eigenvalue weighted by molar-refractivity contribution is 0.668. The highest BCUT2D eigenvalue weighted by molar-refractivity contribution is 6.10. The molecule has 0 saturated carbocycles. The minimum atomic E-state index is 0.569. The van der Waals surface area contributed by atoms with E-state index in [1.165, 1.54) is 0 Å². The van der Waals surface area contributed by atoms with Crippen LogP contribution < -0.4 is 0 Å². The largest absolute Gasteiger partial charge is 0.456 e. The molecule has 0 bridgehead atoms. The van der Waals surface area contributed by atoms with Crippen molar-refractivity contribution >= 4 is 65.7 Å². The number of hydrogen-bond acceptors (Lipinski definition) is 5. The fourth-order valence-corrected chi connectivity index (χ4v) is 7.45. The minimum absolute atomic E-state index is 0.569. The summed E-state index contributed by atoms with van der Waals surface area (Å²) in [6, 6.07) is 53.9. The van der Waals surface area contributed by atoms with Gasteiger partial charge in [-0.3, -0.25) is 4.57 Å². The SMILES string of the molecule is c1ccc(-c2nc(-c3ccc4oc5cc(-c6ccc7c(c6)oc6ccccc67)ccc5c4c3)nc(-n3c4ccccc4c4ccccc43)n2)cc1. The van der Waals surface area contributed by atoms with Crippen molar-refractivity contribution in [3.8, 4) is 39.9 Å². The van der Waals surface area contributed by atoms with Gasteiger partial charge in [0.1, 0.15) is 22.3 Å². The summed E-state index contributed by atoms with van der Waals surface area (Å²) in [6.45, 7) is 0. The molecule has 238 valence electrons. The first-order valence-electron chi connectivity index (χ1n) is 16.9. The van der Waals surface area contributed by atoms with Crippen molar-refractivity contribution in [1.82, 2.24) is 19.5 Å². The summed E-state index contributed by atoms with van der Waals surface area (Å²) >= 11 is 0. The quantitative estimate of drug-likeness (QED) is 0.189. The van der Waals surface area contributed by atoms with Crippen LogP contribution in [0.3, 0.4) is 0 Å². The van der Waals surface area contributed by atoms with E-state index in [0.29, 0.717) is 17.6 Å². The van der Waals surface area contributed by atoms with Gasteiger partial charge in [0.25, 0.3) is 0 Å². The van der Waals surface area contributed by atoms with Gasteiger partial charge in [-0.05, 0) is 71.8 Å². The molecule has 0 unspecified atom stereocenters. The van der Waals surface area contributed by atoms with Gasteiger partial charge in [0.15, 0.2) is 11.6 Å². The number of fused-ring (bicyclic) bond motifs is 9. The summed E-state index contributed by atoms with van der Waals surface area (Å²) in [7, 11) is 0. The fourth-order valence-electron chi connectivity index (χ4n) is 7.45. The third kappa shape index (κ3) is 4.33. The van der Waals surface area contributed by atoms with Gasteiger partial charge in [-0.25, -0.2) is 4.98 Å². The Balaban J connectivity index is 1.06. The zero-order valence-corrected chi connectivity index (χ0v) is 27.1. The average Bonchev–Trinajstić information content (AvgIpc) is 3.86. The third-order valence-electron chi connectivity index (χ3n) is 9.88. The van der Waals surface area contributed by atoms with E-state index >= 15 is 0 Å². The number of aromatic nitrogens is 4. The molecule has 6 heteroatoms.